The van der Waals surface area contributed by atoms with Gasteiger partial charge in [-0.2, -0.15) is 0 Å². The minimum absolute atomic E-state index is 0.588. The zero-order valence-electron chi connectivity index (χ0n) is 5.06. The molecule has 0 amide bonds. The molecule has 46 valence electrons. The normalized spacial score (nSPS) is 9.67. The molecule has 0 N–H and O–H groups in total. The first kappa shape index (κ1) is 7.35. The van der Waals surface area contributed by atoms with Gasteiger partial charge in [0.15, 0.2) is 0 Å². The van der Waals surface area contributed by atoms with Gasteiger partial charge in [0.1, 0.15) is 0 Å². The maximum atomic E-state index is 5.62. The molecule has 0 aliphatic rings. The second kappa shape index (κ2) is 2.88. The fraction of sp³-hybridized carbons (Fsp3) is 0.167. The third-order valence-corrected chi connectivity index (χ3v) is 3.04. The number of pyridine rings is 1. The molecule has 0 aliphatic carbocycles. The van der Waals surface area contributed by atoms with Gasteiger partial charge in [0.25, 0.3) is 0 Å². The van der Waals surface area contributed by atoms with Gasteiger partial charge in [-0.1, -0.05) is 0 Å². The van der Waals surface area contributed by atoms with Crippen molar-refractivity contribution < 1.29 is 0 Å². The molecule has 9 heavy (non-hydrogen) atoms. The van der Waals surface area contributed by atoms with E-state index < -0.39 is 0 Å². The molecule has 2 radical (unpaired) electrons. The monoisotopic (exact) mass is 247 g/mol. The molecule has 0 aromatic carbocycles. The van der Waals surface area contributed by atoms with Gasteiger partial charge in [-0.15, -0.1) is 0 Å². The number of aromatic nitrogens is 1. The van der Waals surface area contributed by atoms with Crippen LogP contribution >= 0.6 is 11.6 Å². The van der Waals surface area contributed by atoms with Crippen LogP contribution in [0, 0.1) is 6.92 Å². The summed E-state index contributed by atoms with van der Waals surface area (Å²) in [6.45, 7) is 1.98. The van der Waals surface area contributed by atoms with Crippen LogP contribution in [0.3, 0.4) is 0 Å². The Bertz CT molecular complexity index is 224. The third kappa shape index (κ3) is 1.83. The maximum absolute atomic E-state index is 5.62. The molecule has 0 unspecified atom stereocenters. The third-order valence-electron chi connectivity index (χ3n) is 1.09. The van der Waals surface area contributed by atoms with E-state index in [4.69, 9.17) is 11.6 Å². The van der Waals surface area contributed by atoms with Crippen molar-refractivity contribution in [3.8, 4) is 0 Å². The van der Waals surface area contributed by atoms with E-state index in [1.165, 1.54) is 3.58 Å². The summed E-state index contributed by atoms with van der Waals surface area (Å²) in [5.74, 6) is 0. The second-order valence-corrected chi connectivity index (χ2v) is 3.97. The fourth-order valence-electron chi connectivity index (χ4n) is 0.541. The summed E-state index contributed by atoms with van der Waals surface area (Å²) in [6.07, 6.45) is 0. The minimum atomic E-state index is 0.588. The summed E-state index contributed by atoms with van der Waals surface area (Å²) in [6, 6.07) is 3.85. The van der Waals surface area contributed by atoms with Crippen molar-refractivity contribution in [3.63, 3.8) is 0 Å². The van der Waals surface area contributed by atoms with Gasteiger partial charge in [0.2, 0.25) is 0 Å². The topological polar surface area (TPSA) is 12.9 Å². The molecule has 0 saturated carbocycles. The first-order valence-electron chi connectivity index (χ1n) is 2.59. The van der Waals surface area contributed by atoms with Crippen molar-refractivity contribution in [1.82, 2.24) is 4.98 Å². The van der Waals surface area contributed by atoms with E-state index in [2.05, 4.69) is 4.98 Å². The Labute approximate surface area is 72.5 Å². The van der Waals surface area contributed by atoms with E-state index in [0.717, 1.165) is 28.2 Å². The summed E-state index contributed by atoms with van der Waals surface area (Å²) in [5.41, 5.74) is 1.06. The number of hydrogen-bond donors (Lipinski definition) is 0. The van der Waals surface area contributed by atoms with Gasteiger partial charge >= 0.3 is 72.6 Å². The van der Waals surface area contributed by atoms with Crippen molar-refractivity contribution in [2.24, 2.45) is 0 Å². The Kier molecular flexibility index (Phi) is 2.35. The average molecular weight is 246 g/mol. The van der Waals surface area contributed by atoms with E-state index >= 15 is 0 Å². The Morgan fingerprint density at radius 3 is 2.67 bits per heavy atom. The van der Waals surface area contributed by atoms with Crippen molar-refractivity contribution in [1.29, 1.82) is 0 Å². The van der Waals surface area contributed by atoms with Gasteiger partial charge in [-0.05, 0) is 0 Å². The fourth-order valence-corrected chi connectivity index (χ4v) is 1.19. The molecule has 3 heteroatoms. The summed E-state index contributed by atoms with van der Waals surface area (Å²) in [5, 5.41) is 0.588. The van der Waals surface area contributed by atoms with Crippen LogP contribution < -0.4 is 3.58 Å². The van der Waals surface area contributed by atoms with Crippen LogP contribution in [0.5, 0.6) is 0 Å². The number of hydrogen-bond acceptors (Lipinski definition) is 1. The van der Waals surface area contributed by atoms with Gasteiger partial charge in [0, 0.05) is 0 Å². The predicted molar refractivity (Wildman–Crippen MR) is 40.8 cm³/mol. The SMILES string of the molecule is Cc1nc(Cl)cc[c]1[SnH]. The zero-order valence-corrected chi connectivity index (χ0v) is 9.11. The molecule has 1 aromatic rings. The molecule has 0 fully saturated rings. The summed E-state index contributed by atoms with van der Waals surface area (Å²) >= 11 is 6.73. The molecular formula is C6H6ClNSn. The first-order valence-corrected chi connectivity index (χ1v) is 4.61. The first-order chi connectivity index (χ1) is 4.20. The quantitative estimate of drug-likeness (QED) is 0.482. The van der Waals surface area contributed by atoms with Gasteiger partial charge in [0.05, 0.1) is 0 Å². The standard InChI is InChI=1S/C6H5ClN.Sn.H/c1-5-3-2-4-6(7)8-5;;/h2,4H,1H3;;. The van der Waals surface area contributed by atoms with E-state index in [0.29, 0.717) is 5.15 Å². The number of nitrogens with zero attached hydrogens (tertiary/aromatic N) is 1. The van der Waals surface area contributed by atoms with Crippen molar-refractivity contribution >= 4 is 37.7 Å². The van der Waals surface area contributed by atoms with Crippen molar-refractivity contribution in [3.05, 3.63) is 23.0 Å². The molecule has 0 saturated heterocycles. The van der Waals surface area contributed by atoms with Crippen LogP contribution in [-0.4, -0.2) is 27.5 Å². The summed E-state index contributed by atoms with van der Waals surface area (Å²) in [4.78, 5) is 4.07. The molecule has 0 bridgehead atoms. The van der Waals surface area contributed by atoms with Gasteiger partial charge in [-0.3, -0.25) is 0 Å². The summed E-state index contributed by atoms with van der Waals surface area (Å²) in [7, 11) is 0. The Morgan fingerprint density at radius 2 is 2.22 bits per heavy atom. The Morgan fingerprint density at radius 1 is 1.56 bits per heavy atom. The molecule has 1 aromatic heterocycles. The van der Waals surface area contributed by atoms with Crippen LogP contribution in [0.2, 0.25) is 5.15 Å². The number of halogens is 1. The number of rotatable bonds is 0. The molecule has 0 atom stereocenters. The second-order valence-electron chi connectivity index (χ2n) is 1.81. The van der Waals surface area contributed by atoms with Gasteiger partial charge in [-0.25, -0.2) is 0 Å². The predicted octanol–water partition coefficient (Wildman–Crippen LogP) is 0.570. The molecule has 1 heterocycles. The van der Waals surface area contributed by atoms with Crippen LogP contribution in [0.1, 0.15) is 5.69 Å². The van der Waals surface area contributed by atoms with E-state index in [-0.39, 0.29) is 0 Å². The zero-order chi connectivity index (χ0) is 6.85. The van der Waals surface area contributed by atoms with E-state index in [9.17, 15) is 0 Å². The average Bonchev–Trinajstić information content (AvgIpc) is 1.80. The van der Waals surface area contributed by atoms with E-state index in [1.807, 2.05) is 19.1 Å². The number of aryl methyl sites for hydroxylation is 1. The molecule has 0 aliphatic heterocycles. The molecule has 1 nitrogen and oxygen atoms in total. The summed E-state index contributed by atoms with van der Waals surface area (Å²) < 4.78 is 1.31. The molecule has 0 spiro atoms. The van der Waals surface area contributed by atoms with Crippen LogP contribution in [-0.2, 0) is 0 Å². The van der Waals surface area contributed by atoms with Crippen molar-refractivity contribution in [2.75, 3.05) is 0 Å². The van der Waals surface area contributed by atoms with Gasteiger partial charge < -0.3 is 0 Å². The van der Waals surface area contributed by atoms with Crippen LogP contribution in [0.15, 0.2) is 12.1 Å². The van der Waals surface area contributed by atoms with Crippen LogP contribution in [0.25, 0.3) is 0 Å². The molecule has 1 rings (SSSR count). The molecular weight excluding hydrogens is 240 g/mol. The van der Waals surface area contributed by atoms with Crippen molar-refractivity contribution in [2.45, 2.75) is 6.92 Å². The Hall–Kier alpha value is 0.239. The Balaban J connectivity index is 3.17. The van der Waals surface area contributed by atoms with Crippen LogP contribution in [0.4, 0.5) is 0 Å². The van der Waals surface area contributed by atoms with E-state index in [1.54, 1.807) is 0 Å².